The molecule has 1 nitrogen and oxygen atoms in total. The third-order valence-electron chi connectivity index (χ3n) is 3.26. The Kier molecular flexibility index (Phi) is 3.57. The van der Waals surface area contributed by atoms with Crippen LogP contribution in [0.1, 0.15) is 46.0 Å². The minimum absolute atomic E-state index is 0.635. The van der Waals surface area contributed by atoms with Crippen LogP contribution in [-0.2, 0) is 0 Å². The standard InChI is InChI=1S/C11H23N/c1-11(2)7-4-10(5-8-11)6-9-12-3/h10,12H,4-9H2,1-3H3. The number of nitrogens with one attached hydrogen (secondary N) is 1. The van der Waals surface area contributed by atoms with Gasteiger partial charge in [-0.15, -0.1) is 0 Å². The average molecular weight is 169 g/mol. The van der Waals surface area contributed by atoms with Crippen LogP contribution < -0.4 is 5.32 Å². The Balaban J connectivity index is 2.18. The smallest absolute Gasteiger partial charge is 0.00493 e. The Morgan fingerprint density at radius 2 is 1.83 bits per heavy atom. The predicted octanol–water partition coefficient (Wildman–Crippen LogP) is 2.81. The van der Waals surface area contributed by atoms with Gasteiger partial charge in [-0.2, -0.15) is 0 Å². The van der Waals surface area contributed by atoms with Crippen LogP contribution >= 0.6 is 0 Å². The fourth-order valence-electron chi connectivity index (χ4n) is 2.10. The van der Waals surface area contributed by atoms with Crippen molar-refractivity contribution in [3.63, 3.8) is 0 Å². The van der Waals surface area contributed by atoms with Crippen LogP contribution in [0, 0.1) is 11.3 Å². The third-order valence-corrected chi connectivity index (χ3v) is 3.26. The molecule has 72 valence electrons. The monoisotopic (exact) mass is 169 g/mol. The average Bonchev–Trinajstić information content (AvgIpc) is 2.03. The van der Waals surface area contributed by atoms with Crippen LogP contribution in [0.15, 0.2) is 0 Å². The number of hydrogen-bond acceptors (Lipinski definition) is 1. The van der Waals surface area contributed by atoms with E-state index in [-0.39, 0.29) is 0 Å². The lowest BCUT2D eigenvalue weighted by molar-refractivity contribution is 0.185. The van der Waals surface area contributed by atoms with Gasteiger partial charge in [-0.3, -0.25) is 0 Å². The number of hydrogen-bond donors (Lipinski definition) is 1. The maximum absolute atomic E-state index is 3.24. The summed E-state index contributed by atoms with van der Waals surface area (Å²) in [5.74, 6) is 1.01. The second-order valence-corrected chi connectivity index (χ2v) is 5.00. The molecule has 0 aromatic heterocycles. The molecule has 0 aromatic rings. The minimum Gasteiger partial charge on any atom is -0.320 e. The van der Waals surface area contributed by atoms with E-state index in [1.165, 1.54) is 38.6 Å². The Hall–Kier alpha value is -0.0400. The summed E-state index contributed by atoms with van der Waals surface area (Å²) in [5.41, 5.74) is 0.635. The molecule has 1 rings (SSSR count). The summed E-state index contributed by atoms with van der Waals surface area (Å²) in [5, 5.41) is 3.24. The highest BCUT2D eigenvalue weighted by Gasteiger charge is 2.25. The normalized spacial score (nSPS) is 24.2. The second-order valence-electron chi connectivity index (χ2n) is 5.00. The van der Waals surface area contributed by atoms with Crippen molar-refractivity contribution in [2.24, 2.45) is 11.3 Å². The lowest BCUT2D eigenvalue weighted by atomic mass is 9.72. The maximum atomic E-state index is 3.24. The van der Waals surface area contributed by atoms with Crippen LogP contribution in [-0.4, -0.2) is 13.6 Å². The molecule has 0 radical (unpaired) electrons. The van der Waals surface area contributed by atoms with Gasteiger partial charge in [0.15, 0.2) is 0 Å². The van der Waals surface area contributed by atoms with Crippen LogP contribution in [0.2, 0.25) is 0 Å². The highest BCUT2D eigenvalue weighted by molar-refractivity contribution is 4.78. The zero-order chi connectivity index (χ0) is 9.03. The third kappa shape index (κ3) is 3.14. The van der Waals surface area contributed by atoms with Crippen molar-refractivity contribution in [3.05, 3.63) is 0 Å². The first-order chi connectivity index (χ1) is 5.64. The van der Waals surface area contributed by atoms with Crippen molar-refractivity contribution in [1.29, 1.82) is 0 Å². The Morgan fingerprint density at radius 3 is 2.33 bits per heavy atom. The fraction of sp³-hybridized carbons (Fsp3) is 1.00. The van der Waals surface area contributed by atoms with E-state index in [9.17, 15) is 0 Å². The largest absolute Gasteiger partial charge is 0.320 e. The van der Waals surface area contributed by atoms with Crippen molar-refractivity contribution in [1.82, 2.24) is 5.32 Å². The van der Waals surface area contributed by atoms with Gasteiger partial charge in [-0.1, -0.05) is 13.8 Å². The Morgan fingerprint density at radius 1 is 1.25 bits per heavy atom. The van der Waals surface area contributed by atoms with Gasteiger partial charge >= 0.3 is 0 Å². The molecule has 1 fully saturated rings. The van der Waals surface area contributed by atoms with Gasteiger partial charge in [-0.25, -0.2) is 0 Å². The zero-order valence-electron chi connectivity index (χ0n) is 8.82. The highest BCUT2D eigenvalue weighted by atomic mass is 14.8. The van der Waals surface area contributed by atoms with Gasteiger partial charge in [0, 0.05) is 0 Å². The SMILES string of the molecule is CNCCC1CCC(C)(C)CC1. The summed E-state index contributed by atoms with van der Waals surface area (Å²) in [6, 6.07) is 0. The lowest BCUT2D eigenvalue weighted by Gasteiger charge is -2.34. The molecule has 1 aliphatic carbocycles. The zero-order valence-corrected chi connectivity index (χ0v) is 8.82. The quantitative estimate of drug-likeness (QED) is 0.685. The van der Waals surface area contributed by atoms with E-state index in [0.29, 0.717) is 5.41 Å². The van der Waals surface area contributed by atoms with Crippen LogP contribution in [0.25, 0.3) is 0 Å². The summed E-state index contributed by atoms with van der Waals surface area (Å²) >= 11 is 0. The fourth-order valence-corrected chi connectivity index (χ4v) is 2.10. The molecular weight excluding hydrogens is 146 g/mol. The van der Waals surface area contributed by atoms with E-state index in [0.717, 1.165) is 5.92 Å². The molecule has 0 amide bonds. The molecule has 1 aliphatic rings. The summed E-state index contributed by atoms with van der Waals surface area (Å²) in [6.45, 7) is 6.01. The Bertz CT molecular complexity index is 119. The van der Waals surface area contributed by atoms with E-state index in [2.05, 4.69) is 19.2 Å². The Labute approximate surface area is 76.9 Å². The molecule has 0 aliphatic heterocycles. The van der Waals surface area contributed by atoms with E-state index in [1.807, 2.05) is 7.05 Å². The molecule has 1 heteroatoms. The second kappa shape index (κ2) is 4.27. The van der Waals surface area contributed by atoms with Crippen LogP contribution in [0.4, 0.5) is 0 Å². The molecule has 1 saturated carbocycles. The van der Waals surface area contributed by atoms with Crippen LogP contribution in [0.3, 0.4) is 0 Å². The summed E-state index contributed by atoms with van der Waals surface area (Å²) in [4.78, 5) is 0. The van der Waals surface area contributed by atoms with Crippen molar-refractivity contribution in [3.8, 4) is 0 Å². The highest BCUT2D eigenvalue weighted by Crippen LogP contribution is 2.38. The molecule has 0 aromatic carbocycles. The maximum Gasteiger partial charge on any atom is -0.00493 e. The molecular formula is C11H23N. The van der Waals surface area contributed by atoms with Crippen molar-refractivity contribution < 1.29 is 0 Å². The molecule has 0 unspecified atom stereocenters. The van der Waals surface area contributed by atoms with E-state index in [1.54, 1.807) is 0 Å². The minimum atomic E-state index is 0.635. The van der Waals surface area contributed by atoms with Gasteiger partial charge in [0.2, 0.25) is 0 Å². The van der Waals surface area contributed by atoms with Gasteiger partial charge in [0.25, 0.3) is 0 Å². The van der Waals surface area contributed by atoms with E-state index < -0.39 is 0 Å². The molecule has 0 saturated heterocycles. The van der Waals surface area contributed by atoms with Gasteiger partial charge in [0.05, 0.1) is 0 Å². The number of rotatable bonds is 3. The molecule has 0 heterocycles. The molecule has 12 heavy (non-hydrogen) atoms. The van der Waals surface area contributed by atoms with Crippen LogP contribution in [0.5, 0.6) is 0 Å². The van der Waals surface area contributed by atoms with Gasteiger partial charge in [0.1, 0.15) is 0 Å². The first-order valence-corrected chi connectivity index (χ1v) is 5.29. The topological polar surface area (TPSA) is 12.0 Å². The molecule has 1 N–H and O–H groups in total. The van der Waals surface area contributed by atoms with E-state index in [4.69, 9.17) is 0 Å². The predicted molar refractivity (Wildman–Crippen MR) is 54.3 cm³/mol. The van der Waals surface area contributed by atoms with Crippen molar-refractivity contribution in [2.45, 2.75) is 46.0 Å². The van der Waals surface area contributed by atoms with Crippen molar-refractivity contribution in [2.75, 3.05) is 13.6 Å². The first kappa shape index (κ1) is 10.0. The first-order valence-electron chi connectivity index (χ1n) is 5.29. The van der Waals surface area contributed by atoms with Gasteiger partial charge in [-0.05, 0) is 57.0 Å². The molecule has 0 bridgehead atoms. The van der Waals surface area contributed by atoms with E-state index >= 15 is 0 Å². The summed E-state index contributed by atoms with van der Waals surface area (Å²) < 4.78 is 0. The summed E-state index contributed by atoms with van der Waals surface area (Å²) in [7, 11) is 2.05. The van der Waals surface area contributed by atoms with Gasteiger partial charge < -0.3 is 5.32 Å². The molecule has 0 spiro atoms. The van der Waals surface area contributed by atoms with Crippen molar-refractivity contribution >= 4 is 0 Å². The molecule has 0 atom stereocenters. The lowest BCUT2D eigenvalue weighted by Crippen LogP contribution is -2.23. The summed E-state index contributed by atoms with van der Waals surface area (Å²) in [6.07, 6.45) is 7.15.